The first-order valence-electron chi connectivity index (χ1n) is 5.57. The van der Waals surface area contributed by atoms with Crippen molar-refractivity contribution < 1.29 is 0 Å². The molecule has 0 spiro atoms. The Labute approximate surface area is 92.1 Å². The Morgan fingerprint density at radius 3 is 2.40 bits per heavy atom. The van der Waals surface area contributed by atoms with Crippen LogP contribution in [0, 0.1) is 6.92 Å². The lowest BCUT2D eigenvalue weighted by atomic mass is 10.0. The van der Waals surface area contributed by atoms with Crippen LogP contribution in [0.4, 0.5) is 0 Å². The van der Waals surface area contributed by atoms with Crippen LogP contribution in [0.15, 0.2) is 0 Å². The molecule has 0 aromatic carbocycles. The van der Waals surface area contributed by atoms with Gasteiger partial charge in [-0.05, 0) is 41.2 Å². The molecule has 0 aliphatic heterocycles. The van der Waals surface area contributed by atoms with Gasteiger partial charge in [-0.3, -0.25) is 0 Å². The van der Waals surface area contributed by atoms with Crippen molar-refractivity contribution in [2.75, 3.05) is 6.54 Å². The van der Waals surface area contributed by atoms with E-state index in [4.69, 9.17) is 0 Å². The lowest BCUT2D eigenvalue weighted by Crippen LogP contribution is -2.39. The van der Waals surface area contributed by atoms with Gasteiger partial charge in [-0.15, -0.1) is 10.2 Å². The van der Waals surface area contributed by atoms with Crippen LogP contribution in [0.3, 0.4) is 0 Å². The predicted octanol–water partition coefficient (Wildman–Crippen LogP) is 2.01. The first-order valence-corrected chi connectivity index (χ1v) is 5.57. The first kappa shape index (κ1) is 12.2. The van der Waals surface area contributed by atoms with E-state index in [0.717, 1.165) is 18.2 Å². The summed E-state index contributed by atoms with van der Waals surface area (Å²) in [5, 5.41) is 11.9. The number of hydrogen-bond acceptors (Lipinski definition) is 3. The second kappa shape index (κ2) is 4.31. The second-order valence-corrected chi connectivity index (χ2v) is 4.69. The molecule has 0 aliphatic rings. The molecule has 1 N–H and O–H groups in total. The Hall–Kier alpha value is -0.900. The maximum Gasteiger partial charge on any atom is 0.153 e. The standard InChI is InChI=1S/C11H22N4/c1-7-12-11(5,6)10-14-13-9(4)15(10)8(2)3/h8,12H,7H2,1-6H3. The molecular formula is C11H22N4. The molecule has 0 radical (unpaired) electrons. The number of nitrogens with one attached hydrogen (secondary N) is 1. The van der Waals surface area contributed by atoms with Gasteiger partial charge in [0.05, 0.1) is 5.54 Å². The number of nitrogens with zero attached hydrogens (tertiary/aromatic N) is 3. The van der Waals surface area contributed by atoms with Gasteiger partial charge in [0.1, 0.15) is 5.82 Å². The summed E-state index contributed by atoms with van der Waals surface area (Å²) in [5.74, 6) is 1.99. The van der Waals surface area contributed by atoms with Crippen molar-refractivity contribution in [3.63, 3.8) is 0 Å². The number of aromatic nitrogens is 3. The molecule has 0 saturated heterocycles. The summed E-state index contributed by atoms with van der Waals surface area (Å²) in [7, 11) is 0. The van der Waals surface area contributed by atoms with Crippen LogP contribution in [0.5, 0.6) is 0 Å². The summed E-state index contributed by atoms with van der Waals surface area (Å²) in [4.78, 5) is 0. The van der Waals surface area contributed by atoms with Crippen LogP contribution in [0.1, 0.15) is 52.3 Å². The van der Waals surface area contributed by atoms with Crippen molar-refractivity contribution in [2.45, 2.75) is 53.1 Å². The number of hydrogen-bond donors (Lipinski definition) is 1. The smallest absolute Gasteiger partial charge is 0.153 e. The molecule has 15 heavy (non-hydrogen) atoms. The topological polar surface area (TPSA) is 42.7 Å². The molecule has 0 amide bonds. The number of rotatable bonds is 4. The van der Waals surface area contributed by atoms with Gasteiger partial charge >= 0.3 is 0 Å². The minimum atomic E-state index is -0.125. The third kappa shape index (κ3) is 2.37. The van der Waals surface area contributed by atoms with E-state index in [-0.39, 0.29) is 5.54 Å². The average Bonchev–Trinajstić information content (AvgIpc) is 2.47. The monoisotopic (exact) mass is 210 g/mol. The van der Waals surface area contributed by atoms with Gasteiger partial charge in [-0.2, -0.15) is 0 Å². The molecule has 4 nitrogen and oxygen atoms in total. The Morgan fingerprint density at radius 1 is 1.33 bits per heavy atom. The zero-order chi connectivity index (χ0) is 11.6. The van der Waals surface area contributed by atoms with Crippen LogP contribution in [-0.4, -0.2) is 21.3 Å². The SMILES string of the molecule is CCNC(C)(C)c1nnc(C)n1C(C)C. The summed E-state index contributed by atoms with van der Waals surface area (Å²) in [6.45, 7) is 13.6. The van der Waals surface area contributed by atoms with Crippen LogP contribution in [-0.2, 0) is 5.54 Å². The zero-order valence-corrected chi connectivity index (χ0v) is 10.6. The van der Waals surface area contributed by atoms with Crippen LogP contribution in [0.2, 0.25) is 0 Å². The van der Waals surface area contributed by atoms with Gasteiger partial charge in [-0.1, -0.05) is 6.92 Å². The minimum Gasteiger partial charge on any atom is -0.311 e. The molecule has 0 atom stereocenters. The summed E-state index contributed by atoms with van der Waals surface area (Å²) < 4.78 is 2.18. The first-order chi connectivity index (χ1) is 6.90. The third-order valence-electron chi connectivity index (χ3n) is 2.56. The van der Waals surface area contributed by atoms with Crippen molar-refractivity contribution in [1.82, 2.24) is 20.1 Å². The largest absolute Gasteiger partial charge is 0.311 e. The van der Waals surface area contributed by atoms with Crippen molar-refractivity contribution >= 4 is 0 Å². The molecule has 0 aliphatic carbocycles. The molecule has 0 saturated carbocycles. The summed E-state index contributed by atoms with van der Waals surface area (Å²) in [5.41, 5.74) is -0.125. The van der Waals surface area contributed by atoms with E-state index < -0.39 is 0 Å². The van der Waals surface area contributed by atoms with Gasteiger partial charge in [0.2, 0.25) is 0 Å². The highest BCUT2D eigenvalue weighted by atomic mass is 15.3. The summed E-state index contributed by atoms with van der Waals surface area (Å²) in [6.07, 6.45) is 0. The van der Waals surface area contributed by atoms with E-state index in [2.05, 4.69) is 54.7 Å². The summed E-state index contributed by atoms with van der Waals surface area (Å²) in [6, 6.07) is 0.396. The fourth-order valence-electron chi connectivity index (χ4n) is 1.93. The lowest BCUT2D eigenvalue weighted by Gasteiger charge is -2.27. The second-order valence-electron chi connectivity index (χ2n) is 4.69. The van der Waals surface area contributed by atoms with Crippen molar-refractivity contribution in [2.24, 2.45) is 0 Å². The molecule has 1 aromatic heterocycles. The lowest BCUT2D eigenvalue weighted by molar-refractivity contribution is 0.361. The van der Waals surface area contributed by atoms with E-state index in [1.807, 2.05) is 6.92 Å². The molecule has 0 fully saturated rings. The van der Waals surface area contributed by atoms with E-state index in [1.165, 1.54) is 0 Å². The highest BCUT2D eigenvalue weighted by Gasteiger charge is 2.27. The maximum absolute atomic E-state index is 4.28. The maximum atomic E-state index is 4.28. The quantitative estimate of drug-likeness (QED) is 0.826. The minimum absolute atomic E-state index is 0.125. The van der Waals surface area contributed by atoms with Crippen LogP contribution in [0.25, 0.3) is 0 Å². The Kier molecular flexibility index (Phi) is 3.50. The molecule has 1 aromatic rings. The molecule has 1 rings (SSSR count). The highest BCUT2D eigenvalue weighted by molar-refractivity contribution is 5.07. The van der Waals surface area contributed by atoms with Crippen LogP contribution < -0.4 is 5.32 Å². The van der Waals surface area contributed by atoms with E-state index >= 15 is 0 Å². The van der Waals surface area contributed by atoms with Gasteiger partial charge in [-0.25, -0.2) is 0 Å². The zero-order valence-electron chi connectivity index (χ0n) is 10.6. The highest BCUT2D eigenvalue weighted by Crippen LogP contribution is 2.22. The molecule has 86 valence electrons. The predicted molar refractivity (Wildman–Crippen MR) is 61.8 cm³/mol. The molecular weight excluding hydrogens is 188 g/mol. The Balaban J connectivity index is 3.14. The Morgan fingerprint density at radius 2 is 1.93 bits per heavy atom. The van der Waals surface area contributed by atoms with Crippen molar-refractivity contribution in [3.8, 4) is 0 Å². The molecule has 4 heteroatoms. The van der Waals surface area contributed by atoms with Gasteiger partial charge in [0.25, 0.3) is 0 Å². The summed E-state index contributed by atoms with van der Waals surface area (Å²) >= 11 is 0. The fourth-order valence-corrected chi connectivity index (χ4v) is 1.93. The van der Waals surface area contributed by atoms with E-state index in [9.17, 15) is 0 Å². The molecule has 0 unspecified atom stereocenters. The van der Waals surface area contributed by atoms with Gasteiger partial charge < -0.3 is 9.88 Å². The van der Waals surface area contributed by atoms with E-state index in [1.54, 1.807) is 0 Å². The fraction of sp³-hybridized carbons (Fsp3) is 0.818. The normalized spacial score (nSPS) is 12.5. The third-order valence-corrected chi connectivity index (χ3v) is 2.56. The van der Waals surface area contributed by atoms with Gasteiger partial charge in [0, 0.05) is 6.04 Å². The van der Waals surface area contributed by atoms with Crippen molar-refractivity contribution in [3.05, 3.63) is 11.6 Å². The molecule has 0 bridgehead atoms. The van der Waals surface area contributed by atoms with Crippen molar-refractivity contribution in [1.29, 1.82) is 0 Å². The molecule has 1 heterocycles. The average molecular weight is 210 g/mol. The van der Waals surface area contributed by atoms with Crippen LogP contribution >= 0.6 is 0 Å². The van der Waals surface area contributed by atoms with Gasteiger partial charge in [0.15, 0.2) is 5.82 Å². The number of aryl methyl sites for hydroxylation is 1. The van der Waals surface area contributed by atoms with E-state index in [0.29, 0.717) is 6.04 Å². The Bertz CT molecular complexity index is 325.